The third-order valence-corrected chi connectivity index (χ3v) is 16.1. The van der Waals surface area contributed by atoms with Crippen molar-refractivity contribution in [2.45, 2.75) is 115 Å². The summed E-state index contributed by atoms with van der Waals surface area (Å²) in [7, 11) is -2.65. The molecule has 1 aromatic rings. The quantitative estimate of drug-likeness (QED) is 0.159. The van der Waals surface area contributed by atoms with Crippen molar-refractivity contribution in [3.8, 4) is 11.8 Å². The fourth-order valence-electron chi connectivity index (χ4n) is 4.16. The van der Waals surface area contributed by atoms with Gasteiger partial charge in [0.05, 0.1) is 0 Å². The van der Waals surface area contributed by atoms with E-state index in [0.29, 0.717) is 21.6 Å². The van der Waals surface area contributed by atoms with Crippen LogP contribution in [-0.2, 0) is 8.85 Å². The second kappa shape index (κ2) is 14.1. The van der Waals surface area contributed by atoms with Crippen molar-refractivity contribution < 1.29 is 8.85 Å². The van der Waals surface area contributed by atoms with Crippen LogP contribution in [0.2, 0.25) is 33.5 Å². The normalized spacial score (nSPS) is 13.7. The van der Waals surface area contributed by atoms with Crippen LogP contribution in [0.4, 0.5) is 0 Å². The molecule has 0 heterocycles. The van der Waals surface area contributed by atoms with Gasteiger partial charge in [0.2, 0.25) is 0 Å². The summed E-state index contributed by atoms with van der Waals surface area (Å²) < 4.78 is 14.7. The van der Waals surface area contributed by atoms with E-state index in [1.807, 2.05) is 0 Å². The SMILES string of the molecule is CC[Si](CC)(CC)OCC#CC(CCC[Se]c1ccccc1)O[Si](C(C)(C)C)C(C)(C)C. The van der Waals surface area contributed by atoms with Crippen molar-refractivity contribution in [3.05, 3.63) is 30.3 Å². The minimum absolute atomic E-state index is 0.0125. The summed E-state index contributed by atoms with van der Waals surface area (Å²) in [5.74, 6) is 6.86. The Bertz CT molecular complexity index is 672. The summed E-state index contributed by atoms with van der Waals surface area (Å²) in [5, 5.41) is 1.57. The number of hydrogen-bond donors (Lipinski definition) is 0. The molecule has 1 aromatic carbocycles. The Morgan fingerprint density at radius 3 is 2.00 bits per heavy atom. The zero-order valence-electron chi connectivity index (χ0n) is 22.1. The molecule has 5 heteroatoms. The maximum atomic E-state index is 6.83. The topological polar surface area (TPSA) is 18.5 Å². The van der Waals surface area contributed by atoms with Gasteiger partial charge in [0, 0.05) is 0 Å². The van der Waals surface area contributed by atoms with E-state index in [1.54, 1.807) is 0 Å². The van der Waals surface area contributed by atoms with Crippen molar-refractivity contribution in [3.63, 3.8) is 0 Å². The monoisotopic (exact) mass is 539 g/mol. The van der Waals surface area contributed by atoms with E-state index in [9.17, 15) is 0 Å². The fourth-order valence-corrected chi connectivity index (χ4v) is 11.9. The summed E-state index contributed by atoms with van der Waals surface area (Å²) >= 11 is 0.527. The summed E-state index contributed by atoms with van der Waals surface area (Å²) in [6.07, 6.45) is 2.19. The zero-order chi connectivity index (χ0) is 24.3. The van der Waals surface area contributed by atoms with E-state index in [0.717, 1.165) is 12.8 Å². The Morgan fingerprint density at radius 1 is 0.938 bits per heavy atom. The van der Waals surface area contributed by atoms with Crippen molar-refractivity contribution in [1.82, 2.24) is 0 Å². The van der Waals surface area contributed by atoms with E-state index in [4.69, 9.17) is 8.85 Å². The van der Waals surface area contributed by atoms with Gasteiger partial charge in [-0.1, -0.05) is 0 Å². The Morgan fingerprint density at radius 2 is 1.50 bits per heavy atom. The van der Waals surface area contributed by atoms with E-state index in [1.165, 1.54) is 27.9 Å². The number of benzene rings is 1. The first-order chi connectivity index (χ1) is 15.0. The molecule has 0 aliphatic rings. The molecule has 0 saturated carbocycles. The molecular weight excluding hydrogens is 491 g/mol. The first kappa shape index (κ1) is 29.7. The van der Waals surface area contributed by atoms with Crippen LogP contribution < -0.4 is 4.46 Å². The molecule has 1 unspecified atom stereocenters. The molecular formula is C27H47O2SeSi2. The van der Waals surface area contributed by atoms with E-state index >= 15 is 0 Å². The Hall–Kier alpha value is -0.347. The molecule has 2 nitrogen and oxygen atoms in total. The Balaban J connectivity index is 2.83. The molecule has 0 bridgehead atoms. The minimum atomic E-state index is -1.58. The van der Waals surface area contributed by atoms with Gasteiger partial charge in [-0.15, -0.1) is 0 Å². The molecule has 1 radical (unpaired) electrons. The van der Waals surface area contributed by atoms with Gasteiger partial charge in [-0.2, -0.15) is 0 Å². The summed E-state index contributed by atoms with van der Waals surface area (Å²) in [6, 6.07) is 14.4. The molecule has 0 spiro atoms. The van der Waals surface area contributed by atoms with Crippen molar-refractivity contribution in [1.29, 1.82) is 0 Å². The average Bonchev–Trinajstić information content (AvgIpc) is 2.74. The van der Waals surface area contributed by atoms with Gasteiger partial charge in [-0.3, -0.25) is 0 Å². The van der Waals surface area contributed by atoms with Crippen LogP contribution >= 0.6 is 0 Å². The van der Waals surface area contributed by atoms with E-state index < -0.39 is 17.4 Å². The van der Waals surface area contributed by atoms with Crippen LogP contribution in [-0.4, -0.2) is 45.0 Å². The van der Waals surface area contributed by atoms with Gasteiger partial charge in [0.15, 0.2) is 0 Å². The van der Waals surface area contributed by atoms with Crippen molar-refractivity contribution in [2.75, 3.05) is 6.61 Å². The predicted molar refractivity (Wildman–Crippen MR) is 147 cm³/mol. The molecule has 0 fully saturated rings. The summed E-state index contributed by atoms with van der Waals surface area (Å²) in [6.45, 7) is 21.3. The molecule has 1 atom stereocenters. The van der Waals surface area contributed by atoms with Gasteiger partial charge in [0.25, 0.3) is 0 Å². The van der Waals surface area contributed by atoms with Gasteiger partial charge < -0.3 is 0 Å². The zero-order valence-corrected chi connectivity index (χ0v) is 25.9. The summed E-state index contributed by atoms with van der Waals surface area (Å²) in [4.78, 5) is 0. The van der Waals surface area contributed by atoms with E-state index in [2.05, 4.69) is 104 Å². The van der Waals surface area contributed by atoms with Gasteiger partial charge in [0.1, 0.15) is 0 Å². The molecule has 0 aromatic heterocycles. The Kier molecular flexibility index (Phi) is 13.1. The second-order valence-electron chi connectivity index (χ2n) is 10.6. The first-order valence-electron chi connectivity index (χ1n) is 12.3. The summed E-state index contributed by atoms with van der Waals surface area (Å²) in [5.41, 5.74) is 0. The van der Waals surface area contributed by atoms with Crippen LogP contribution in [0.15, 0.2) is 30.3 Å². The molecule has 32 heavy (non-hydrogen) atoms. The molecule has 0 saturated heterocycles. The fraction of sp³-hybridized carbons (Fsp3) is 0.704. The van der Waals surface area contributed by atoms with Crippen LogP contribution in [0.25, 0.3) is 0 Å². The molecule has 1 rings (SSSR count). The van der Waals surface area contributed by atoms with Crippen LogP contribution in [0.1, 0.15) is 75.2 Å². The average molecular weight is 539 g/mol. The third-order valence-electron chi connectivity index (χ3n) is 5.89. The second-order valence-corrected chi connectivity index (χ2v) is 21.7. The molecule has 0 amide bonds. The number of hydrogen-bond acceptors (Lipinski definition) is 2. The van der Waals surface area contributed by atoms with Crippen LogP contribution in [0.5, 0.6) is 0 Å². The van der Waals surface area contributed by atoms with Gasteiger partial charge in [-0.25, -0.2) is 0 Å². The number of rotatable bonds is 12. The van der Waals surface area contributed by atoms with Crippen LogP contribution in [0, 0.1) is 11.8 Å². The van der Waals surface area contributed by atoms with Crippen molar-refractivity contribution in [2.24, 2.45) is 0 Å². The molecule has 0 aliphatic carbocycles. The Labute approximate surface area is 208 Å². The maximum absolute atomic E-state index is 6.83. The first-order valence-corrected chi connectivity index (χ1v) is 18.3. The van der Waals surface area contributed by atoms with Gasteiger partial charge in [-0.05, 0) is 0 Å². The molecule has 0 N–H and O–H groups in total. The standard InChI is InChI=1S/C27H47O2SeSi2/c1-10-32(11-2,12-3)28-22-16-18-24(29-31(26(4,5)6)27(7,8)9)19-17-23-30-25-20-14-13-15-21-25/h13-15,20-21,24H,10-12,17,19,22-23H2,1-9H3. The van der Waals surface area contributed by atoms with Crippen molar-refractivity contribution >= 4 is 36.8 Å². The van der Waals surface area contributed by atoms with Crippen LogP contribution in [0.3, 0.4) is 0 Å². The predicted octanol–water partition coefficient (Wildman–Crippen LogP) is 7.22. The van der Waals surface area contributed by atoms with E-state index in [-0.39, 0.29) is 16.2 Å². The molecule has 181 valence electrons. The third kappa shape index (κ3) is 10.7. The van der Waals surface area contributed by atoms with Gasteiger partial charge >= 0.3 is 209 Å². The molecule has 0 aliphatic heterocycles.